The van der Waals surface area contributed by atoms with Gasteiger partial charge in [0.1, 0.15) is 0 Å². The van der Waals surface area contributed by atoms with Gasteiger partial charge in [-0.25, -0.2) is 8.78 Å². The molecule has 0 atom stereocenters. The summed E-state index contributed by atoms with van der Waals surface area (Å²) in [5.74, 6) is 0. The van der Waals surface area contributed by atoms with E-state index in [9.17, 15) is 13.6 Å². The second kappa shape index (κ2) is 3.71. The topological polar surface area (TPSA) is 17.1 Å². The summed E-state index contributed by atoms with van der Waals surface area (Å²) in [6.45, 7) is 0. The van der Waals surface area contributed by atoms with Gasteiger partial charge in [-0.1, -0.05) is 0 Å². The van der Waals surface area contributed by atoms with Crippen molar-refractivity contribution < 1.29 is 13.6 Å². The van der Waals surface area contributed by atoms with Gasteiger partial charge in [-0.2, -0.15) is 0 Å². The van der Waals surface area contributed by atoms with Crippen molar-refractivity contribution in [1.29, 1.82) is 0 Å². The summed E-state index contributed by atoms with van der Waals surface area (Å²) in [4.78, 5) is 9.25. The summed E-state index contributed by atoms with van der Waals surface area (Å²) in [5.41, 5.74) is 0. The van der Waals surface area contributed by atoms with E-state index in [1.165, 1.54) is 6.29 Å². The van der Waals surface area contributed by atoms with Gasteiger partial charge in [0.05, 0.1) is 0 Å². The van der Waals surface area contributed by atoms with Crippen LogP contribution in [0.1, 0.15) is 12.8 Å². The lowest BCUT2D eigenvalue weighted by molar-refractivity contribution is 0.140. The highest BCUT2D eigenvalue weighted by Gasteiger charge is 1.98. The number of hydrogen-bond donors (Lipinski definition) is 0. The smallest absolute Gasteiger partial charge is 0.239 e. The van der Waals surface area contributed by atoms with E-state index in [0.29, 0.717) is 0 Å². The number of rotatable bonds is 3. The van der Waals surface area contributed by atoms with E-state index in [4.69, 9.17) is 0 Å². The largest absolute Gasteiger partial charge is 0.291 e. The monoisotopic (exact) mass is 107 g/mol. The van der Waals surface area contributed by atoms with E-state index in [0.717, 1.165) is 0 Å². The molecule has 0 saturated carbocycles. The molecule has 0 rings (SSSR count). The summed E-state index contributed by atoms with van der Waals surface area (Å²) in [7, 11) is 0. The Morgan fingerprint density at radius 2 is 2.14 bits per heavy atom. The molecule has 1 radical (unpaired) electrons. The third-order valence-electron chi connectivity index (χ3n) is 0.465. The Balaban J connectivity index is 2.81. The molecule has 7 heavy (non-hydrogen) atoms. The third-order valence-corrected chi connectivity index (χ3v) is 0.465. The lowest BCUT2D eigenvalue weighted by Crippen LogP contribution is -1.88. The molecule has 0 aliphatic carbocycles. The molecule has 0 bridgehead atoms. The molecule has 0 aliphatic heterocycles. The van der Waals surface area contributed by atoms with Crippen molar-refractivity contribution in [2.75, 3.05) is 0 Å². The first-order valence-corrected chi connectivity index (χ1v) is 1.90. The zero-order chi connectivity index (χ0) is 5.70. The predicted octanol–water partition coefficient (Wildman–Crippen LogP) is 1.14. The van der Waals surface area contributed by atoms with Crippen LogP contribution in [0.3, 0.4) is 0 Å². The van der Waals surface area contributed by atoms with Crippen molar-refractivity contribution in [2.24, 2.45) is 0 Å². The molecule has 1 nitrogen and oxygen atoms in total. The average Bonchev–Trinajstić information content (AvgIpc) is 1.61. The Hall–Kier alpha value is -0.470. The highest BCUT2D eigenvalue weighted by atomic mass is 19.3. The normalized spacial score (nSPS) is 9.57. The van der Waals surface area contributed by atoms with Gasteiger partial charge in [-0.05, 0) is 0 Å². The molecule has 0 fully saturated rings. The van der Waals surface area contributed by atoms with Crippen molar-refractivity contribution in [1.82, 2.24) is 0 Å². The lowest BCUT2D eigenvalue weighted by atomic mass is 10.3. The van der Waals surface area contributed by atoms with Crippen LogP contribution in [-0.4, -0.2) is 12.7 Å². The van der Waals surface area contributed by atoms with Crippen LogP contribution in [0.15, 0.2) is 0 Å². The molecule has 0 aromatic rings. The van der Waals surface area contributed by atoms with Gasteiger partial charge in [0.15, 0.2) is 6.29 Å². The number of halogens is 2. The van der Waals surface area contributed by atoms with Crippen molar-refractivity contribution in [2.45, 2.75) is 19.3 Å². The number of carbonyl (C=O) groups excluding carboxylic acids is 1. The molecule has 0 amide bonds. The van der Waals surface area contributed by atoms with Crippen LogP contribution in [0.2, 0.25) is 0 Å². The minimum Gasteiger partial charge on any atom is -0.291 e. The Labute approximate surface area is 40.3 Å². The zero-order valence-electron chi connectivity index (χ0n) is 3.66. The van der Waals surface area contributed by atoms with Crippen LogP contribution < -0.4 is 0 Å². The Kier molecular flexibility index (Phi) is 3.46. The van der Waals surface area contributed by atoms with E-state index >= 15 is 0 Å². The Bertz CT molecular complexity index is 53.7. The fourth-order valence-corrected chi connectivity index (χ4v) is 0.168. The molecular weight excluding hydrogens is 102 g/mol. The van der Waals surface area contributed by atoms with Crippen LogP contribution in [0.25, 0.3) is 0 Å². The molecule has 3 heteroatoms. The Morgan fingerprint density at radius 3 is 2.29 bits per heavy atom. The van der Waals surface area contributed by atoms with Gasteiger partial charge in [0, 0.05) is 12.8 Å². The van der Waals surface area contributed by atoms with Gasteiger partial charge in [-0.3, -0.25) is 4.79 Å². The molecule has 0 saturated heterocycles. The second-order valence-electron chi connectivity index (χ2n) is 1.07. The van der Waals surface area contributed by atoms with Crippen LogP contribution in [-0.2, 0) is 4.79 Å². The molecule has 0 unspecified atom stereocenters. The van der Waals surface area contributed by atoms with Gasteiger partial charge in [0.2, 0.25) is 6.43 Å². The standard InChI is InChI=1S/C4H5F2O/c5-4(6)2-1-3-7/h4H,1-2H2. The fraction of sp³-hybridized carbons (Fsp3) is 0.750. The SMILES string of the molecule is O=[C]CCC(F)F. The van der Waals surface area contributed by atoms with E-state index in [-0.39, 0.29) is 12.8 Å². The van der Waals surface area contributed by atoms with Crippen LogP contribution in [0.4, 0.5) is 8.78 Å². The van der Waals surface area contributed by atoms with Gasteiger partial charge in [0.25, 0.3) is 0 Å². The average molecular weight is 107 g/mol. The van der Waals surface area contributed by atoms with Crippen LogP contribution in [0, 0.1) is 0 Å². The van der Waals surface area contributed by atoms with Crippen molar-refractivity contribution in [3.63, 3.8) is 0 Å². The van der Waals surface area contributed by atoms with Crippen molar-refractivity contribution in [3.05, 3.63) is 0 Å². The lowest BCUT2D eigenvalue weighted by Gasteiger charge is -1.86. The first-order valence-electron chi connectivity index (χ1n) is 1.90. The minimum absolute atomic E-state index is 0.155. The van der Waals surface area contributed by atoms with E-state index in [1.807, 2.05) is 0 Å². The van der Waals surface area contributed by atoms with Crippen LogP contribution in [0.5, 0.6) is 0 Å². The number of alkyl halides is 2. The molecule has 0 aromatic heterocycles. The number of hydrogen-bond acceptors (Lipinski definition) is 1. The molecule has 0 aromatic carbocycles. The first kappa shape index (κ1) is 6.53. The van der Waals surface area contributed by atoms with Gasteiger partial charge >= 0.3 is 0 Å². The highest BCUT2D eigenvalue weighted by molar-refractivity contribution is 5.50. The summed E-state index contributed by atoms with van der Waals surface area (Å²) in [6, 6.07) is 0. The first-order chi connectivity index (χ1) is 3.27. The molecule has 0 heterocycles. The van der Waals surface area contributed by atoms with Gasteiger partial charge < -0.3 is 0 Å². The molecule has 0 spiro atoms. The summed E-state index contributed by atoms with van der Waals surface area (Å²) in [5, 5.41) is 0. The van der Waals surface area contributed by atoms with E-state index in [2.05, 4.69) is 0 Å². The maximum Gasteiger partial charge on any atom is 0.239 e. The molecule has 0 N–H and O–H groups in total. The van der Waals surface area contributed by atoms with Crippen molar-refractivity contribution in [3.8, 4) is 0 Å². The quantitative estimate of drug-likeness (QED) is 0.528. The maximum atomic E-state index is 11.0. The summed E-state index contributed by atoms with van der Waals surface area (Å²) < 4.78 is 22.1. The molecule has 0 aliphatic rings. The zero-order valence-corrected chi connectivity index (χ0v) is 3.66. The highest BCUT2D eigenvalue weighted by Crippen LogP contribution is 1.99. The third kappa shape index (κ3) is 5.53. The molecular formula is C4H5F2O. The maximum absolute atomic E-state index is 11.0. The van der Waals surface area contributed by atoms with Crippen molar-refractivity contribution >= 4 is 6.29 Å². The minimum atomic E-state index is -2.36. The van der Waals surface area contributed by atoms with E-state index < -0.39 is 6.43 Å². The Morgan fingerprint density at radius 1 is 1.57 bits per heavy atom. The van der Waals surface area contributed by atoms with E-state index in [1.54, 1.807) is 0 Å². The summed E-state index contributed by atoms with van der Waals surface area (Å²) >= 11 is 0. The molecule has 41 valence electrons. The second-order valence-corrected chi connectivity index (χ2v) is 1.07. The fourth-order valence-electron chi connectivity index (χ4n) is 0.168. The predicted molar refractivity (Wildman–Crippen MR) is 20.9 cm³/mol. The summed E-state index contributed by atoms with van der Waals surface area (Å²) in [6.07, 6.45) is -1.50. The van der Waals surface area contributed by atoms with Crippen LogP contribution >= 0.6 is 0 Å². The van der Waals surface area contributed by atoms with Gasteiger partial charge in [-0.15, -0.1) is 0 Å².